The molecule has 0 saturated carbocycles. The van der Waals surface area contributed by atoms with Gasteiger partial charge in [0.15, 0.2) is 0 Å². The molecule has 0 spiro atoms. The van der Waals surface area contributed by atoms with Gasteiger partial charge in [-0.15, -0.1) is 0 Å². The third-order valence-electron chi connectivity index (χ3n) is 6.90. The van der Waals surface area contributed by atoms with Crippen molar-refractivity contribution >= 4 is 5.97 Å². The van der Waals surface area contributed by atoms with Crippen LogP contribution in [0.5, 0.6) is 5.75 Å². The number of rotatable bonds is 13. The smallest absolute Gasteiger partial charge is 0.306 e. The summed E-state index contributed by atoms with van der Waals surface area (Å²) in [7, 11) is 1.61. The molecule has 0 amide bonds. The van der Waals surface area contributed by atoms with E-state index in [-0.39, 0.29) is 37.0 Å². The van der Waals surface area contributed by atoms with E-state index in [1.165, 1.54) is 0 Å². The van der Waals surface area contributed by atoms with Crippen LogP contribution in [-0.4, -0.2) is 61.5 Å². The summed E-state index contributed by atoms with van der Waals surface area (Å²) in [4.78, 5) is 14.2. The zero-order valence-corrected chi connectivity index (χ0v) is 22.0. The summed E-state index contributed by atoms with van der Waals surface area (Å²) in [6.07, 6.45) is 2.70. The van der Waals surface area contributed by atoms with Crippen molar-refractivity contribution in [1.82, 2.24) is 4.90 Å². The summed E-state index contributed by atoms with van der Waals surface area (Å²) in [6.45, 7) is 7.49. The van der Waals surface area contributed by atoms with E-state index in [9.17, 15) is 14.3 Å². The number of aryl methyl sites for hydroxylation is 1. The van der Waals surface area contributed by atoms with Crippen molar-refractivity contribution in [2.45, 2.75) is 71.1 Å². The number of hydrogen-bond donors (Lipinski definition) is 1. The van der Waals surface area contributed by atoms with Crippen molar-refractivity contribution in [2.75, 3.05) is 33.4 Å². The number of methoxy groups -OCH3 is 1. The average Bonchev–Trinajstić information content (AvgIpc) is 3.29. The molecule has 7 heteroatoms. The fraction of sp³-hybridized carbons (Fsp3) is 0.552. The highest BCUT2D eigenvalue weighted by molar-refractivity contribution is 5.70. The lowest BCUT2D eigenvalue weighted by Crippen LogP contribution is -2.39. The van der Waals surface area contributed by atoms with Crippen molar-refractivity contribution < 1.29 is 28.5 Å². The van der Waals surface area contributed by atoms with Gasteiger partial charge in [0.2, 0.25) is 0 Å². The van der Waals surface area contributed by atoms with Gasteiger partial charge in [-0.3, -0.25) is 9.69 Å². The summed E-state index contributed by atoms with van der Waals surface area (Å²) in [5.41, 5.74) is 3.50. The zero-order chi connectivity index (χ0) is 26.1. The molecule has 1 saturated heterocycles. The van der Waals surface area contributed by atoms with E-state index in [0.717, 1.165) is 42.5 Å². The van der Waals surface area contributed by atoms with Crippen molar-refractivity contribution in [3.05, 3.63) is 64.5 Å². The van der Waals surface area contributed by atoms with Gasteiger partial charge in [-0.05, 0) is 81.8 Å². The van der Waals surface area contributed by atoms with Crippen LogP contribution in [0.25, 0.3) is 0 Å². The van der Waals surface area contributed by atoms with Crippen LogP contribution in [-0.2, 0) is 27.1 Å². The molecule has 3 atom stereocenters. The molecule has 6 nitrogen and oxygen atoms in total. The Hall–Kier alpha value is -2.48. The van der Waals surface area contributed by atoms with Crippen LogP contribution < -0.4 is 4.74 Å². The van der Waals surface area contributed by atoms with Gasteiger partial charge in [0.05, 0.1) is 32.5 Å². The topological polar surface area (TPSA) is 68.2 Å². The molecule has 1 heterocycles. The van der Waals surface area contributed by atoms with Gasteiger partial charge in [-0.25, -0.2) is 4.39 Å². The maximum absolute atomic E-state index is 14.0. The number of halogens is 1. The van der Waals surface area contributed by atoms with Gasteiger partial charge in [-0.1, -0.05) is 24.3 Å². The number of likely N-dealkylation sites (tertiary alicyclic amines) is 1. The van der Waals surface area contributed by atoms with E-state index in [0.29, 0.717) is 30.9 Å². The van der Waals surface area contributed by atoms with E-state index in [1.807, 2.05) is 37.3 Å². The molecule has 0 unspecified atom stereocenters. The predicted molar refractivity (Wildman–Crippen MR) is 138 cm³/mol. The Bertz CT molecular complexity index is 998. The highest BCUT2D eigenvalue weighted by atomic mass is 19.1. The third-order valence-corrected chi connectivity index (χ3v) is 6.90. The summed E-state index contributed by atoms with van der Waals surface area (Å²) in [6, 6.07) is 11.5. The molecule has 2 aromatic carbocycles. The highest BCUT2D eigenvalue weighted by Gasteiger charge is 2.27. The average molecular weight is 502 g/mol. The van der Waals surface area contributed by atoms with Crippen LogP contribution in [0.2, 0.25) is 0 Å². The Morgan fingerprint density at radius 2 is 2.08 bits per heavy atom. The van der Waals surface area contributed by atoms with Crippen molar-refractivity contribution in [3.8, 4) is 5.75 Å². The monoisotopic (exact) mass is 501 g/mol. The Labute approximate surface area is 214 Å². The van der Waals surface area contributed by atoms with E-state index < -0.39 is 6.10 Å². The number of aliphatic hydroxyl groups is 1. The van der Waals surface area contributed by atoms with Gasteiger partial charge in [0, 0.05) is 24.6 Å². The minimum absolute atomic E-state index is 0.168. The highest BCUT2D eigenvalue weighted by Crippen LogP contribution is 2.30. The van der Waals surface area contributed by atoms with Gasteiger partial charge in [-0.2, -0.15) is 0 Å². The summed E-state index contributed by atoms with van der Waals surface area (Å²) >= 11 is 0. The van der Waals surface area contributed by atoms with E-state index >= 15 is 0 Å². The van der Waals surface area contributed by atoms with Gasteiger partial charge in [0.25, 0.3) is 0 Å². The second kappa shape index (κ2) is 13.7. The number of esters is 1. The number of benzene rings is 2. The Morgan fingerprint density at radius 1 is 1.28 bits per heavy atom. The molecule has 0 bridgehead atoms. The lowest BCUT2D eigenvalue weighted by Gasteiger charge is -2.28. The quantitative estimate of drug-likeness (QED) is 0.398. The van der Waals surface area contributed by atoms with Gasteiger partial charge >= 0.3 is 5.97 Å². The zero-order valence-electron chi connectivity index (χ0n) is 22.0. The number of carbonyl (C=O) groups is 1. The summed E-state index contributed by atoms with van der Waals surface area (Å²) < 4.78 is 30.7. The predicted octanol–water partition coefficient (Wildman–Crippen LogP) is 4.78. The molecular formula is C29H40FNO5. The second-order valence-electron chi connectivity index (χ2n) is 9.54. The van der Waals surface area contributed by atoms with Crippen LogP contribution in [0.3, 0.4) is 0 Å². The molecule has 1 N–H and O–H groups in total. The number of carbonyl (C=O) groups excluding carboxylic acids is 1. The normalized spacial score (nSPS) is 17.7. The maximum Gasteiger partial charge on any atom is 0.306 e. The second-order valence-corrected chi connectivity index (χ2v) is 9.54. The number of β-amino-alcohol motifs (C(OH)–C–C–N with tert-alkyl or cyclic N) is 1. The van der Waals surface area contributed by atoms with Crippen LogP contribution in [0.1, 0.15) is 61.5 Å². The van der Waals surface area contributed by atoms with Gasteiger partial charge < -0.3 is 19.3 Å². The lowest BCUT2D eigenvalue weighted by molar-refractivity contribution is -0.143. The first-order chi connectivity index (χ1) is 17.3. The number of hydrogen-bond acceptors (Lipinski definition) is 6. The molecule has 0 aliphatic carbocycles. The van der Waals surface area contributed by atoms with Crippen molar-refractivity contribution in [1.29, 1.82) is 0 Å². The molecule has 2 aromatic rings. The molecule has 198 valence electrons. The van der Waals surface area contributed by atoms with Crippen LogP contribution in [0, 0.1) is 12.7 Å². The third kappa shape index (κ3) is 7.76. The molecule has 0 aromatic heterocycles. The molecule has 0 radical (unpaired) electrons. The lowest BCUT2D eigenvalue weighted by atomic mass is 9.98. The number of ether oxygens (including phenoxy) is 3. The van der Waals surface area contributed by atoms with E-state index in [1.54, 1.807) is 27.0 Å². The van der Waals surface area contributed by atoms with E-state index in [2.05, 4.69) is 4.90 Å². The Kier molecular flexibility index (Phi) is 10.7. The van der Waals surface area contributed by atoms with Gasteiger partial charge in [0.1, 0.15) is 11.6 Å². The first kappa shape index (κ1) is 28.1. The molecule has 36 heavy (non-hydrogen) atoms. The molecule has 1 aliphatic heterocycles. The van der Waals surface area contributed by atoms with Crippen LogP contribution in [0.15, 0.2) is 36.4 Å². The van der Waals surface area contributed by atoms with E-state index in [4.69, 9.17) is 14.2 Å². The summed E-state index contributed by atoms with van der Waals surface area (Å²) in [5, 5.41) is 10.8. The number of aliphatic hydroxyl groups excluding tert-OH is 1. The standard InChI is InChI=1S/C29H40FNO5/c1-5-35-29(33)14-13-26-25(9-6-10-28(26)34-4)21(3)36-19-24(32)18-31-15-7-8-23(31)16-22-12-11-20(2)27(30)17-22/h6,9-12,17,21,23-24,32H,5,7-8,13-16,18-19H2,1-4H3/t21-,23+,24-/m1/s1. The Balaban J connectivity index is 1.56. The fourth-order valence-electron chi connectivity index (χ4n) is 4.95. The number of nitrogens with zero attached hydrogens (tertiary/aromatic N) is 1. The van der Waals surface area contributed by atoms with Crippen molar-refractivity contribution in [2.24, 2.45) is 0 Å². The minimum atomic E-state index is -0.642. The largest absolute Gasteiger partial charge is 0.496 e. The fourth-order valence-corrected chi connectivity index (χ4v) is 4.95. The molecule has 1 fully saturated rings. The maximum atomic E-state index is 14.0. The molecule has 1 aliphatic rings. The molecule has 3 rings (SSSR count). The first-order valence-corrected chi connectivity index (χ1v) is 12.9. The SMILES string of the molecule is CCOC(=O)CCc1c(OC)cccc1[C@@H](C)OC[C@H](O)CN1CCC[C@H]1Cc1ccc(C)c(F)c1. The minimum Gasteiger partial charge on any atom is -0.496 e. The molecular weight excluding hydrogens is 461 g/mol. The first-order valence-electron chi connectivity index (χ1n) is 12.9. The van der Waals surface area contributed by atoms with Crippen LogP contribution >= 0.6 is 0 Å². The summed E-state index contributed by atoms with van der Waals surface area (Å²) in [5.74, 6) is 0.297. The Morgan fingerprint density at radius 3 is 2.81 bits per heavy atom. The van der Waals surface area contributed by atoms with Crippen molar-refractivity contribution in [3.63, 3.8) is 0 Å². The van der Waals surface area contributed by atoms with Crippen LogP contribution in [0.4, 0.5) is 4.39 Å².